The Hall–Kier alpha value is -2.87. The summed E-state index contributed by atoms with van der Waals surface area (Å²) in [5.41, 5.74) is 3.22. The SMILES string of the molecule is CCNC(=NCc1nc2ccccc2n1C)N1CCOC(c2cnn(C)c2)C1. The van der Waals surface area contributed by atoms with E-state index in [1.54, 1.807) is 0 Å². The molecule has 1 atom stereocenters. The van der Waals surface area contributed by atoms with E-state index in [4.69, 9.17) is 14.7 Å². The molecule has 1 saturated heterocycles. The van der Waals surface area contributed by atoms with Crippen LogP contribution in [0, 0.1) is 0 Å². The Bertz CT molecular complexity index is 974. The summed E-state index contributed by atoms with van der Waals surface area (Å²) in [5.74, 6) is 1.85. The van der Waals surface area contributed by atoms with Crippen molar-refractivity contribution < 1.29 is 4.74 Å². The van der Waals surface area contributed by atoms with Crippen molar-refractivity contribution in [2.75, 3.05) is 26.2 Å². The highest BCUT2D eigenvalue weighted by Gasteiger charge is 2.25. The number of guanidine groups is 1. The van der Waals surface area contributed by atoms with Crippen molar-refractivity contribution in [1.82, 2.24) is 29.5 Å². The Balaban J connectivity index is 1.53. The summed E-state index contributed by atoms with van der Waals surface area (Å²) in [7, 11) is 3.97. The van der Waals surface area contributed by atoms with Crippen molar-refractivity contribution in [2.45, 2.75) is 19.6 Å². The van der Waals surface area contributed by atoms with Crippen LogP contribution >= 0.6 is 0 Å². The summed E-state index contributed by atoms with van der Waals surface area (Å²) in [6.07, 6.45) is 3.89. The number of fused-ring (bicyclic) bond motifs is 1. The van der Waals surface area contributed by atoms with Crippen LogP contribution in [0.3, 0.4) is 0 Å². The van der Waals surface area contributed by atoms with Gasteiger partial charge < -0.3 is 19.5 Å². The molecule has 1 N–H and O–H groups in total. The van der Waals surface area contributed by atoms with Gasteiger partial charge in [0.05, 0.1) is 30.4 Å². The van der Waals surface area contributed by atoms with Gasteiger partial charge in [0.1, 0.15) is 18.5 Å². The molecular weight excluding hydrogens is 354 g/mol. The van der Waals surface area contributed by atoms with E-state index in [0.29, 0.717) is 13.2 Å². The molecule has 3 heterocycles. The first-order valence-corrected chi connectivity index (χ1v) is 9.69. The lowest BCUT2D eigenvalue weighted by Crippen LogP contribution is -2.48. The fourth-order valence-electron chi connectivity index (χ4n) is 3.56. The minimum Gasteiger partial charge on any atom is -0.370 e. The van der Waals surface area contributed by atoms with Gasteiger partial charge in [-0.1, -0.05) is 12.1 Å². The van der Waals surface area contributed by atoms with Crippen molar-refractivity contribution in [1.29, 1.82) is 0 Å². The van der Waals surface area contributed by atoms with Crippen LogP contribution in [0.2, 0.25) is 0 Å². The predicted octanol–water partition coefficient (Wildman–Crippen LogP) is 1.85. The van der Waals surface area contributed by atoms with E-state index < -0.39 is 0 Å². The molecule has 1 unspecified atom stereocenters. The lowest BCUT2D eigenvalue weighted by molar-refractivity contribution is -0.00805. The maximum absolute atomic E-state index is 5.96. The van der Waals surface area contributed by atoms with Gasteiger partial charge in [0, 0.05) is 38.9 Å². The first-order valence-electron chi connectivity index (χ1n) is 9.69. The zero-order chi connectivity index (χ0) is 19.5. The Labute approximate surface area is 164 Å². The number of aryl methyl sites for hydroxylation is 2. The quantitative estimate of drug-likeness (QED) is 0.552. The molecular formula is C20H27N7O. The Morgan fingerprint density at radius 1 is 1.32 bits per heavy atom. The highest BCUT2D eigenvalue weighted by atomic mass is 16.5. The van der Waals surface area contributed by atoms with Gasteiger partial charge in [-0.3, -0.25) is 4.68 Å². The lowest BCUT2D eigenvalue weighted by Gasteiger charge is -2.34. The third kappa shape index (κ3) is 3.73. The standard InChI is InChI=1S/C20H27N7O/c1-4-21-20(22-12-19-24-16-7-5-6-8-17(16)26(19)3)27-9-10-28-18(14-27)15-11-23-25(2)13-15/h5-8,11,13,18H,4,9-10,12,14H2,1-3H3,(H,21,22). The van der Waals surface area contributed by atoms with Gasteiger partial charge in [-0.2, -0.15) is 5.10 Å². The van der Waals surface area contributed by atoms with Crippen LogP contribution in [-0.2, 0) is 25.4 Å². The molecule has 0 saturated carbocycles. The second-order valence-corrected chi connectivity index (χ2v) is 7.00. The van der Waals surface area contributed by atoms with Crippen LogP contribution < -0.4 is 5.32 Å². The average Bonchev–Trinajstić information content (AvgIpc) is 3.29. The van der Waals surface area contributed by atoms with Crippen molar-refractivity contribution in [2.24, 2.45) is 19.1 Å². The predicted molar refractivity (Wildman–Crippen MR) is 109 cm³/mol. The van der Waals surface area contributed by atoms with Gasteiger partial charge in [0.15, 0.2) is 5.96 Å². The smallest absolute Gasteiger partial charge is 0.194 e. The Morgan fingerprint density at radius 3 is 2.93 bits per heavy atom. The summed E-state index contributed by atoms with van der Waals surface area (Å²) >= 11 is 0. The van der Waals surface area contributed by atoms with E-state index in [2.05, 4.69) is 32.9 Å². The molecule has 0 spiro atoms. The first-order chi connectivity index (χ1) is 13.7. The number of morpholine rings is 1. The van der Waals surface area contributed by atoms with Crippen LogP contribution in [0.25, 0.3) is 11.0 Å². The van der Waals surface area contributed by atoms with Gasteiger partial charge in [0.25, 0.3) is 0 Å². The molecule has 2 aromatic heterocycles. The van der Waals surface area contributed by atoms with Crippen LogP contribution in [0.15, 0.2) is 41.7 Å². The number of nitrogens with one attached hydrogen (secondary N) is 1. The molecule has 1 fully saturated rings. The molecule has 0 bridgehead atoms. The third-order valence-corrected chi connectivity index (χ3v) is 5.05. The van der Waals surface area contributed by atoms with E-state index in [-0.39, 0.29) is 6.10 Å². The number of nitrogens with zero attached hydrogens (tertiary/aromatic N) is 6. The molecule has 3 aromatic rings. The largest absolute Gasteiger partial charge is 0.370 e. The third-order valence-electron chi connectivity index (χ3n) is 5.05. The summed E-state index contributed by atoms with van der Waals surface area (Å²) in [4.78, 5) is 11.9. The maximum atomic E-state index is 5.96. The van der Waals surface area contributed by atoms with E-state index in [9.17, 15) is 0 Å². The molecule has 8 nitrogen and oxygen atoms in total. The van der Waals surface area contributed by atoms with Crippen LogP contribution in [0.1, 0.15) is 24.4 Å². The highest BCUT2D eigenvalue weighted by Crippen LogP contribution is 2.22. The normalized spacial score (nSPS) is 18.0. The summed E-state index contributed by atoms with van der Waals surface area (Å²) < 4.78 is 9.88. The Kier molecular flexibility index (Phi) is 5.29. The zero-order valence-corrected chi connectivity index (χ0v) is 16.7. The van der Waals surface area contributed by atoms with E-state index in [1.165, 1.54) is 0 Å². The minimum absolute atomic E-state index is 0.00190. The molecule has 1 aromatic carbocycles. The topological polar surface area (TPSA) is 72.5 Å². The van der Waals surface area contributed by atoms with Crippen molar-refractivity contribution in [3.05, 3.63) is 48.0 Å². The molecule has 4 rings (SSSR count). The molecule has 0 radical (unpaired) electrons. The first kappa shape index (κ1) is 18.5. The van der Waals surface area contributed by atoms with Crippen molar-refractivity contribution >= 4 is 17.0 Å². The van der Waals surface area contributed by atoms with Gasteiger partial charge in [-0.05, 0) is 19.1 Å². The van der Waals surface area contributed by atoms with Crippen LogP contribution in [0.4, 0.5) is 0 Å². The van der Waals surface area contributed by atoms with Crippen molar-refractivity contribution in [3.8, 4) is 0 Å². The van der Waals surface area contributed by atoms with Crippen LogP contribution in [-0.4, -0.2) is 56.4 Å². The van der Waals surface area contributed by atoms with E-state index in [1.807, 2.05) is 49.4 Å². The fourth-order valence-corrected chi connectivity index (χ4v) is 3.56. The number of hydrogen-bond acceptors (Lipinski definition) is 4. The van der Waals surface area contributed by atoms with Crippen molar-refractivity contribution in [3.63, 3.8) is 0 Å². The summed E-state index contributed by atoms with van der Waals surface area (Å²) in [5, 5.41) is 7.68. The van der Waals surface area contributed by atoms with E-state index >= 15 is 0 Å². The molecule has 148 valence electrons. The Morgan fingerprint density at radius 2 is 2.18 bits per heavy atom. The number of imidazole rings is 1. The highest BCUT2D eigenvalue weighted by molar-refractivity contribution is 5.80. The van der Waals surface area contributed by atoms with Gasteiger partial charge >= 0.3 is 0 Å². The summed E-state index contributed by atoms with van der Waals surface area (Å²) in [6.45, 7) is 5.66. The molecule has 8 heteroatoms. The second-order valence-electron chi connectivity index (χ2n) is 7.00. The monoisotopic (exact) mass is 381 g/mol. The van der Waals surface area contributed by atoms with Gasteiger partial charge in [-0.25, -0.2) is 9.98 Å². The zero-order valence-electron chi connectivity index (χ0n) is 16.7. The number of para-hydroxylation sites is 2. The molecule has 0 aliphatic carbocycles. The number of rotatable bonds is 4. The molecule has 28 heavy (non-hydrogen) atoms. The number of benzene rings is 1. The number of hydrogen-bond donors (Lipinski definition) is 1. The minimum atomic E-state index is 0.00190. The average molecular weight is 381 g/mol. The molecule has 1 aliphatic rings. The second kappa shape index (κ2) is 8.02. The number of aliphatic imine (C=N–C) groups is 1. The van der Waals surface area contributed by atoms with Crippen LogP contribution in [0.5, 0.6) is 0 Å². The van der Waals surface area contributed by atoms with Gasteiger partial charge in [0.2, 0.25) is 0 Å². The fraction of sp³-hybridized carbons (Fsp3) is 0.450. The number of ether oxygens (including phenoxy) is 1. The van der Waals surface area contributed by atoms with E-state index in [0.717, 1.165) is 48.0 Å². The summed E-state index contributed by atoms with van der Waals surface area (Å²) in [6, 6.07) is 8.17. The molecule has 0 amide bonds. The van der Waals surface area contributed by atoms with Gasteiger partial charge in [-0.15, -0.1) is 0 Å². The molecule has 1 aliphatic heterocycles. The number of aromatic nitrogens is 4. The lowest BCUT2D eigenvalue weighted by atomic mass is 10.1. The maximum Gasteiger partial charge on any atom is 0.194 e.